The lowest BCUT2D eigenvalue weighted by atomic mass is 10.2. The van der Waals surface area contributed by atoms with Crippen LogP contribution in [0.1, 0.15) is 30.3 Å². The molecule has 15 heavy (non-hydrogen) atoms. The summed E-state index contributed by atoms with van der Waals surface area (Å²) in [5.74, 6) is 0. The maximum Gasteiger partial charge on any atom is 0.139 e. The highest BCUT2D eigenvalue weighted by Gasteiger charge is 2.10. The molecular formula is C11H21N3O. The van der Waals surface area contributed by atoms with Gasteiger partial charge in [-0.1, -0.05) is 6.92 Å². The van der Waals surface area contributed by atoms with Crippen molar-refractivity contribution in [2.75, 3.05) is 13.7 Å². The van der Waals surface area contributed by atoms with E-state index in [1.54, 1.807) is 7.11 Å². The van der Waals surface area contributed by atoms with Gasteiger partial charge in [-0.3, -0.25) is 0 Å². The molecule has 1 aromatic rings. The van der Waals surface area contributed by atoms with Crippen molar-refractivity contribution in [1.82, 2.24) is 15.1 Å². The van der Waals surface area contributed by atoms with Crippen LogP contribution in [0.3, 0.4) is 0 Å². The molecule has 0 aromatic carbocycles. The molecule has 1 N–H and O–H groups in total. The van der Waals surface area contributed by atoms with Crippen molar-refractivity contribution >= 4 is 0 Å². The molecular weight excluding hydrogens is 190 g/mol. The van der Waals surface area contributed by atoms with Gasteiger partial charge in [0, 0.05) is 24.9 Å². The zero-order chi connectivity index (χ0) is 11.3. The molecule has 0 aliphatic carbocycles. The van der Waals surface area contributed by atoms with Crippen LogP contribution in [0, 0.1) is 13.8 Å². The molecule has 0 fully saturated rings. The number of ether oxygens (including phenoxy) is 1. The predicted octanol–water partition coefficient (Wildman–Crippen LogP) is 1.60. The average molecular weight is 211 g/mol. The van der Waals surface area contributed by atoms with E-state index in [0.29, 0.717) is 6.73 Å². The Balaban J connectivity index is 2.69. The van der Waals surface area contributed by atoms with Crippen LogP contribution >= 0.6 is 0 Å². The SMILES string of the molecule is CCCNCc1c(C)nn(COC)c1C. The highest BCUT2D eigenvalue weighted by Crippen LogP contribution is 2.12. The van der Waals surface area contributed by atoms with E-state index in [-0.39, 0.29) is 0 Å². The van der Waals surface area contributed by atoms with E-state index in [9.17, 15) is 0 Å². The monoisotopic (exact) mass is 211 g/mol. The van der Waals surface area contributed by atoms with Crippen LogP contribution in [0.15, 0.2) is 0 Å². The van der Waals surface area contributed by atoms with E-state index >= 15 is 0 Å². The molecule has 0 amide bonds. The first-order chi connectivity index (χ1) is 7.20. The topological polar surface area (TPSA) is 39.1 Å². The minimum atomic E-state index is 0.528. The highest BCUT2D eigenvalue weighted by atomic mass is 16.5. The third kappa shape index (κ3) is 3.04. The van der Waals surface area contributed by atoms with Gasteiger partial charge in [0.2, 0.25) is 0 Å². The zero-order valence-electron chi connectivity index (χ0n) is 10.1. The van der Waals surface area contributed by atoms with Crippen LogP contribution in [-0.4, -0.2) is 23.4 Å². The molecule has 0 unspecified atom stereocenters. The summed E-state index contributed by atoms with van der Waals surface area (Å²) in [5.41, 5.74) is 3.58. The van der Waals surface area contributed by atoms with Gasteiger partial charge >= 0.3 is 0 Å². The molecule has 4 heteroatoms. The van der Waals surface area contributed by atoms with E-state index in [0.717, 1.165) is 25.2 Å². The summed E-state index contributed by atoms with van der Waals surface area (Å²) in [7, 11) is 1.69. The first-order valence-electron chi connectivity index (χ1n) is 5.43. The van der Waals surface area contributed by atoms with Crippen LogP contribution in [0.2, 0.25) is 0 Å². The second-order valence-electron chi connectivity index (χ2n) is 3.74. The lowest BCUT2D eigenvalue weighted by molar-refractivity contribution is 0.118. The largest absolute Gasteiger partial charge is 0.362 e. The minimum Gasteiger partial charge on any atom is -0.362 e. The van der Waals surface area contributed by atoms with Crippen molar-refractivity contribution in [3.63, 3.8) is 0 Å². The molecule has 0 spiro atoms. The molecule has 0 saturated carbocycles. The van der Waals surface area contributed by atoms with Gasteiger partial charge in [-0.05, 0) is 26.8 Å². The molecule has 0 aliphatic rings. The van der Waals surface area contributed by atoms with Crippen LogP contribution in [0.4, 0.5) is 0 Å². The fraction of sp³-hybridized carbons (Fsp3) is 0.727. The molecule has 1 aromatic heterocycles. The number of nitrogens with one attached hydrogen (secondary N) is 1. The van der Waals surface area contributed by atoms with E-state index < -0.39 is 0 Å². The number of hydrogen-bond acceptors (Lipinski definition) is 3. The standard InChI is InChI=1S/C11H21N3O/c1-5-6-12-7-11-9(2)13-14(8-15-4)10(11)3/h12H,5-8H2,1-4H3. The van der Waals surface area contributed by atoms with Crippen LogP contribution in [0.25, 0.3) is 0 Å². The van der Waals surface area contributed by atoms with Gasteiger partial charge < -0.3 is 10.1 Å². The molecule has 0 radical (unpaired) electrons. The van der Waals surface area contributed by atoms with Gasteiger partial charge in [0.1, 0.15) is 6.73 Å². The van der Waals surface area contributed by atoms with E-state index in [2.05, 4.69) is 24.3 Å². The summed E-state index contributed by atoms with van der Waals surface area (Å²) >= 11 is 0. The van der Waals surface area contributed by atoms with E-state index in [1.165, 1.54) is 11.3 Å². The predicted molar refractivity (Wildman–Crippen MR) is 60.7 cm³/mol. The first kappa shape index (κ1) is 12.2. The Bertz CT molecular complexity index is 307. The third-order valence-electron chi connectivity index (χ3n) is 2.51. The van der Waals surface area contributed by atoms with Crippen LogP contribution in [0.5, 0.6) is 0 Å². The smallest absolute Gasteiger partial charge is 0.139 e. The number of nitrogens with zero attached hydrogens (tertiary/aromatic N) is 2. The summed E-state index contributed by atoms with van der Waals surface area (Å²) in [6.45, 7) is 8.77. The number of aryl methyl sites for hydroxylation is 1. The van der Waals surface area contributed by atoms with Crippen molar-refractivity contribution in [3.05, 3.63) is 17.0 Å². The van der Waals surface area contributed by atoms with Gasteiger partial charge in [0.25, 0.3) is 0 Å². The second-order valence-corrected chi connectivity index (χ2v) is 3.74. The molecule has 0 aliphatic heterocycles. The molecule has 1 rings (SSSR count). The fourth-order valence-electron chi connectivity index (χ4n) is 1.63. The molecule has 0 saturated heterocycles. The Kier molecular flexibility index (Phi) is 4.78. The summed E-state index contributed by atoms with van der Waals surface area (Å²) in [6.07, 6.45) is 1.16. The Labute approximate surface area is 91.6 Å². The number of hydrogen-bond donors (Lipinski definition) is 1. The van der Waals surface area contributed by atoms with Gasteiger partial charge in [-0.25, -0.2) is 4.68 Å². The van der Waals surface area contributed by atoms with Crippen molar-refractivity contribution in [2.45, 2.75) is 40.5 Å². The molecule has 0 bridgehead atoms. The first-order valence-corrected chi connectivity index (χ1v) is 5.43. The molecule has 86 valence electrons. The van der Waals surface area contributed by atoms with Gasteiger partial charge in [0.05, 0.1) is 5.69 Å². The summed E-state index contributed by atoms with van der Waals surface area (Å²) in [5, 5.41) is 7.82. The Morgan fingerprint density at radius 3 is 2.73 bits per heavy atom. The minimum absolute atomic E-state index is 0.528. The maximum atomic E-state index is 5.08. The van der Waals surface area contributed by atoms with Gasteiger partial charge in [0.15, 0.2) is 0 Å². The Morgan fingerprint density at radius 1 is 1.40 bits per heavy atom. The van der Waals surface area contributed by atoms with E-state index in [4.69, 9.17) is 4.74 Å². The fourth-order valence-corrected chi connectivity index (χ4v) is 1.63. The van der Waals surface area contributed by atoms with E-state index in [1.807, 2.05) is 11.6 Å². The van der Waals surface area contributed by atoms with Crippen molar-refractivity contribution in [3.8, 4) is 0 Å². The summed E-state index contributed by atoms with van der Waals surface area (Å²) < 4.78 is 6.98. The van der Waals surface area contributed by atoms with Crippen molar-refractivity contribution in [2.24, 2.45) is 0 Å². The second kappa shape index (κ2) is 5.88. The van der Waals surface area contributed by atoms with Crippen LogP contribution < -0.4 is 5.32 Å². The normalized spacial score (nSPS) is 10.9. The molecule has 1 heterocycles. The zero-order valence-corrected chi connectivity index (χ0v) is 10.1. The summed E-state index contributed by atoms with van der Waals surface area (Å²) in [4.78, 5) is 0. The molecule has 4 nitrogen and oxygen atoms in total. The van der Waals surface area contributed by atoms with Crippen LogP contribution in [-0.2, 0) is 18.0 Å². The number of aromatic nitrogens is 2. The van der Waals surface area contributed by atoms with Crippen molar-refractivity contribution < 1.29 is 4.74 Å². The highest BCUT2D eigenvalue weighted by molar-refractivity contribution is 5.24. The van der Waals surface area contributed by atoms with Crippen molar-refractivity contribution in [1.29, 1.82) is 0 Å². The maximum absolute atomic E-state index is 5.08. The number of rotatable bonds is 6. The molecule has 0 atom stereocenters. The lowest BCUT2D eigenvalue weighted by Crippen LogP contribution is -2.15. The van der Waals surface area contributed by atoms with Gasteiger partial charge in [-0.2, -0.15) is 5.10 Å². The Morgan fingerprint density at radius 2 is 2.13 bits per heavy atom. The quantitative estimate of drug-likeness (QED) is 0.726. The average Bonchev–Trinajstić information content (AvgIpc) is 2.46. The third-order valence-corrected chi connectivity index (χ3v) is 2.51. The Hall–Kier alpha value is -0.870. The van der Waals surface area contributed by atoms with Gasteiger partial charge in [-0.15, -0.1) is 0 Å². The lowest BCUT2D eigenvalue weighted by Gasteiger charge is -2.05. The number of methoxy groups -OCH3 is 1. The summed E-state index contributed by atoms with van der Waals surface area (Å²) in [6, 6.07) is 0.